The maximum absolute atomic E-state index is 12.5. The summed E-state index contributed by atoms with van der Waals surface area (Å²) < 4.78 is 7.10. The van der Waals surface area contributed by atoms with Gasteiger partial charge in [-0.05, 0) is 0 Å². The Kier molecular flexibility index (Phi) is 3.14. The zero-order valence-corrected chi connectivity index (χ0v) is 10.4. The Morgan fingerprint density at radius 2 is 2.42 bits per heavy atom. The van der Waals surface area contributed by atoms with Gasteiger partial charge in [-0.1, -0.05) is 0 Å². The highest BCUT2D eigenvalue weighted by Gasteiger charge is 2.26. The number of nitrogens with two attached hydrogens (primary N) is 1. The van der Waals surface area contributed by atoms with Crippen LogP contribution in [0.4, 0.5) is 0 Å². The lowest BCUT2D eigenvalue weighted by molar-refractivity contribution is -0.0166. The van der Waals surface area contributed by atoms with E-state index in [1.54, 1.807) is 34.2 Å². The molecule has 1 saturated heterocycles. The van der Waals surface area contributed by atoms with Gasteiger partial charge in [0, 0.05) is 32.0 Å². The van der Waals surface area contributed by atoms with Crippen LogP contribution in [0.25, 0.3) is 5.52 Å². The van der Waals surface area contributed by atoms with Crippen LogP contribution >= 0.6 is 0 Å². The summed E-state index contributed by atoms with van der Waals surface area (Å²) in [5.74, 6) is -0.0512. The molecule has 0 bridgehead atoms. The molecule has 0 aliphatic carbocycles. The van der Waals surface area contributed by atoms with E-state index in [4.69, 9.17) is 10.5 Å². The molecule has 7 nitrogen and oxygen atoms in total. The lowest BCUT2D eigenvalue weighted by Gasteiger charge is -2.32. The molecule has 3 heterocycles. The molecule has 1 unspecified atom stereocenters. The summed E-state index contributed by atoms with van der Waals surface area (Å²) in [5.41, 5.74) is 6.86. The van der Waals surface area contributed by atoms with E-state index in [0.717, 1.165) is 0 Å². The van der Waals surface area contributed by atoms with E-state index in [1.807, 2.05) is 0 Å². The molecular weight excluding hydrogens is 246 g/mol. The van der Waals surface area contributed by atoms with Crippen molar-refractivity contribution in [1.29, 1.82) is 0 Å². The zero-order chi connectivity index (χ0) is 13.2. The Balaban J connectivity index is 1.87. The number of ether oxygens (including phenoxy) is 1. The van der Waals surface area contributed by atoms with Crippen molar-refractivity contribution in [3.8, 4) is 0 Å². The third kappa shape index (κ3) is 2.18. The summed E-state index contributed by atoms with van der Waals surface area (Å²) in [4.78, 5) is 18.3. The molecule has 0 radical (unpaired) electrons. The lowest BCUT2D eigenvalue weighted by atomic mass is 10.2. The van der Waals surface area contributed by atoms with Gasteiger partial charge in [0.2, 0.25) is 0 Å². The van der Waals surface area contributed by atoms with Crippen LogP contribution in [0, 0.1) is 0 Å². The molecule has 100 valence electrons. The van der Waals surface area contributed by atoms with E-state index >= 15 is 0 Å². The number of amides is 1. The number of morpholine rings is 1. The van der Waals surface area contributed by atoms with Gasteiger partial charge in [-0.15, -0.1) is 0 Å². The van der Waals surface area contributed by atoms with Crippen LogP contribution in [0.3, 0.4) is 0 Å². The van der Waals surface area contributed by atoms with Gasteiger partial charge in [0.05, 0.1) is 36.2 Å². The summed E-state index contributed by atoms with van der Waals surface area (Å²) in [6, 6.07) is 0. The molecule has 2 aromatic heterocycles. The van der Waals surface area contributed by atoms with Crippen LogP contribution in [-0.2, 0) is 4.74 Å². The highest BCUT2D eigenvalue weighted by Crippen LogP contribution is 2.14. The fourth-order valence-corrected chi connectivity index (χ4v) is 2.22. The van der Waals surface area contributed by atoms with Crippen LogP contribution in [-0.4, -0.2) is 57.8 Å². The minimum atomic E-state index is -0.0855. The van der Waals surface area contributed by atoms with E-state index in [-0.39, 0.29) is 12.0 Å². The number of rotatable bonds is 2. The predicted octanol–water partition coefficient (Wildman–Crippen LogP) is -0.471. The fourth-order valence-electron chi connectivity index (χ4n) is 2.22. The lowest BCUT2D eigenvalue weighted by Crippen LogP contribution is -2.48. The zero-order valence-electron chi connectivity index (χ0n) is 10.4. The molecule has 0 spiro atoms. The van der Waals surface area contributed by atoms with Gasteiger partial charge in [0.1, 0.15) is 0 Å². The molecule has 19 heavy (non-hydrogen) atoms. The van der Waals surface area contributed by atoms with Gasteiger partial charge in [-0.3, -0.25) is 9.78 Å². The predicted molar refractivity (Wildman–Crippen MR) is 67.7 cm³/mol. The van der Waals surface area contributed by atoms with E-state index in [0.29, 0.717) is 37.3 Å². The van der Waals surface area contributed by atoms with Gasteiger partial charge in [0.25, 0.3) is 5.91 Å². The third-order valence-corrected chi connectivity index (χ3v) is 3.24. The van der Waals surface area contributed by atoms with Gasteiger partial charge in [-0.25, -0.2) is 4.52 Å². The number of aromatic nitrogens is 3. The molecule has 2 aromatic rings. The fraction of sp³-hybridized carbons (Fsp3) is 0.417. The first-order valence-electron chi connectivity index (χ1n) is 6.18. The number of carbonyl (C=O) groups excluding carboxylic acids is 1. The summed E-state index contributed by atoms with van der Waals surface area (Å²) in [6.07, 6.45) is 6.48. The molecule has 1 aliphatic heterocycles. The van der Waals surface area contributed by atoms with Crippen LogP contribution in [0.5, 0.6) is 0 Å². The summed E-state index contributed by atoms with van der Waals surface area (Å²) in [6.45, 7) is 2.03. The second kappa shape index (κ2) is 4.94. The molecule has 1 atom stereocenters. The minimum Gasteiger partial charge on any atom is -0.373 e. The molecule has 0 saturated carbocycles. The third-order valence-electron chi connectivity index (χ3n) is 3.24. The normalized spacial score (nSPS) is 19.8. The number of fused-ring (bicyclic) bond motifs is 1. The molecule has 7 heteroatoms. The summed E-state index contributed by atoms with van der Waals surface area (Å²) in [5, 5.41) is 4.15. The molecule has 1 amide bonds. The molecule has 2 N–H and O–H groups in total. The van der Waals surface area contributed by atoms with Crippen LogP contribution in [0.15, 0.2) is 24.8 Å². The molecule has 3 rings (SSSR count). The Bertz CT molecular complexity index is 597. The minimum absolute atomic E-state index is 0.0512. The van der Waals surface area contributed by atoms with Crippen LogP contribution in [0.2, 0.25) is 0 Å². The van der Waals surface area contributed by atoms with Crippen LogP contribution in [0.1, 0.15) is 10.4 Å². The van der Waals surface area contributed by atoms with E-state index in [2.05, 4.69) is 10.1 Å². The smallest absolute Gasteiger partial charge is 0.257 e. The number of hydrogen-bond acceptors (Lipinski definition) is 5. The highest BCUT2D eigenvalue weighted by molar-refractivity contribution is 6.00. The Morgan fingerprint density at radius 3 is 3.26 bits per heavy atom. The standard InChI is InChI=1S/C12H15N5O2/c13-5-9-8-16(3-4-19-9)12(18)10-6-15-17-2-1-14-7-11(10)17/h1-2,6-7,9H,3-5,8,13H2. The topological polar surface area (TPSA) is 85.8 Å². The van der Waals surface area contributed by atoms with E-state index in [9.17, 15) is 4.79 Å². The van der Waals surface area contributed by atoms with Crippen molar-refractivity contribution in [2.24, 2.45) is 5.73 Å². The van der Waals surface area contributed by atoms with Crippen LogP contribution < -0.4 is 5.73 Å². The Hall–Kier alpha value is -1.99. The highest BCUT2D eigenvalue weighted by atomic mass is 16.5. The van der Waals surface area contributed by atoms with E-state index < -0.39 is 0 Å². The van der Waals surface area contributed by atoms with Crippen molar-refractivity contribution in [3.63, 3.8) is 0 Å². The first kappa shape index (κ1) is 12.1. The van der Waals surface area contributed by atoms with Crippen molar-refractivity contribution in [3.05, 3.63) is 30.4 Å². The van der Waals surface area contributed by atoms with Crippen molar-refractivity contribution in [2.75, 3.05) is 26.2 Å². The van der Waals surface area contributed by atoms with Crippen molar-refractivity contribution in [2.45, 2.75) is 6.10 Å². The van der Waals surface area contributed by atoms with Gasteiger partial charge in [0.15, 0.2) is 0 Å². The quantitative estimate of drug-likeness (QED) is 0.789. The van der Waals surface area contributed by atoms with Crippen molar-refractivity contribution < 1.29 is 9.53 Å². The van der Waals surface area contributed by atoms with E-state index in [1.165, 1.54) is 0 Å². The Labute approximate surface area is 110 Å². The van der Waals surface area contributed by atoms with Crippen molar-refractivity contribution >= 4 is 11.4 Å². The Morgan fingerprint density at radius 1 is 1.53 bits per heavy atom. The van der Waals surface area contributed by atoms with Crippen molar-refractivity contribution in [1.82, 2.24) is 19.5 Å². The summed E-state index contributed by atoms with van der Waals surface area (Å²) >= 11 is 0. The average molecular weight is 261 g/mol. The molecule has 1 aliphatic rings. The number of carbonyl (C=O) groups is 1. The maximum atomic E-state index is 12.5. The van der Waals surface area contributed by atoms with Gasteiger partial charge in [-0.2, -0.15) is 5.10 Å². The SMILES string of the molecule is NCC1CN(C(=O)c2cnn3ccncc23)CCO1. The average Bonchev–Trinajstić information content (AvgIpc) is 2.90. The van der Waals surface area contributed by atoms with Gasteiger partial charge >= 0.3 is 0 Å². The van der Waals surface area contributed by atoms with Gasteiger partial charge < -0.3 is 15.4 Å². The largest absolute Gasteiger partial charge is 0.373 e. The number of nitrogens with zero attached hydrogens (tertiary/aromatic N) is 4. The molecule has 1 fully saturated rings. The maximum Gasteiger partial charge on any atom is 0.257 e. The first-order chi connectivity index (χ1) is 9.29. The monoisotopic (exact) mass is 261 g/mol. The number of hydrogen-bond donors (Lipinski definition) is 1. The second-order valence-electron chi connectivity index (χ2n) is 4.44. The summed E-state index contributed by atoms with van der Waals surface area (Å²) in [7, 11) is 0. The second-order valence-corrected chi connectivity index (χ2v) is 4.44. The first-order valence-corrected chi connectivity index (χ1v) is 6.18. The molecule has 0 aromatic carbocycles. The molecular formula is C12H15N5O2.